The van der Waals surface area contributed by atoms with Crippen LogP contribution in [0, 0.1) is 0 Å². The summed E-state index contributed by atoms with van der Waals surface area (Å²) in [5, 5.41) is 12.0. The molecule has 0 fully saturated rings. The molecular formula is C16H23NO4. The van der Waals surface area contributed by atoms with Gasteiger partial charge in [0.05, 0.1) is 5.60 Å². The fourth-order valence-electron chi connectivity index (χ4n) is 1.22. The van der Waals surface area contributed by atoms with E-state index in [0.29, 0.717) is 12.8 Å². The zero-order valence-corrected chi connectivity index (χ0v) is 12.8. The molecule has 0 aromatic heterocycles. The number of aliphatic hydroxyl groups is 1. The number of hydrogen-bond acceptors (Lipinski definition) is 4. The molecule has 0 spiro atoms. The molecule has 0 aromatic carbocycles. The van der Waals surface area contributed by atoms with Gasteiger partial charge in [-0.3, -0.25) is 14.4 Å². The van der Waals surface area contributed by atoms with Crippen LogP contribution in [-0.2, 0) is 14.4 Å². The highest BCUT2D eigenvalue weighted by atomic mass is 16.3. The van der Waals surface area contributed by atoms with Crippen molar-refractivity contribution < 1.29 is 19.5 Å². The van der Waals surface area contributed by atoms with Crippen LogP contribution in [-0.4, -0.2) is 34.7 Å². The van der Waals surface area contributed by atoms with E-state index in [4.69, 9.17) is 0 Å². The fourth-order valence-corrected chi connectivity index (χ4v) is 1.22. The van der Waals surface area contributed by atoms with E-state index in [1.165, 1.54) is 37.3 Å². The molecule has 21 heavy (non-hydrogen) atoms. The highest BCUT2D eigenvalue weighted by molar-refractivity contribution is 5.91. The lowest BCUT2D eigenvalue weighted by Crippen LogP contribution is -2.37. The van der Waals surface area contributed by atoms with Crippen molar-refractivity contribution in [1.29, 1.82) is 0 Å². The lowest BCUT2D eigenvalue weighted by atomic mass is 10.1. The van der Waals surface area contributed by atoms with Crippen molar-refractivity contribution in [3.8, 4) is 0 Å². The Morgan fingerprint density at radius 2 is 1.71 bits per heavy atom. The maximum absolute atomic E-state index is 11.4. The minimum atomic E-state index is -0.947. The second-order valence-corrected chi connectivity index (χ2v) is 5.27. The van der Waals surface area contributed by atoms with Crippen LogP contribution >= 0.6 is 0 Å². The summed E-state index contributed by atoms with van der Waals surface area (Å²) in [6.45, 7) is 4.80. The Balaban J connectivity index is 3.92. The average molecular weight is 293 g/mol. The Hall–Kier alpha value is -2.01. The molecule has 0 aliphatic rings. The van der Waals surface area contributed by atoms with Gasteiger partial charge in [0.1, 0.15) is 0 Å². The molecule has 0 saturated carbocycles. The second kappa shape index (κ2) is 9.83. The summed E-state index contributed by atoms with van der Waals surface area (Å²) >= 11 is 0. The van der Waals surface area contributed by atoms with E-state index in [2.05, 4.69) is 5.32 Å². The third kappa shape index (κ3) is 14.2. The number of carbonyl (C=O) groups excluding carboxylic acids is 3. The zero-order valence-electron chi connectivity index (χ0n) is 12.8. The number of rotatable bonds is 9. The predicted molar refractivity (Wildman–Crippen MR) is 81.6 cm³/mol. The normalized spacial score (nSPS) is 12.4. The van der Waals surface area contributed by atoms with Crippen LogP contribution in [0.2, 0.25) is 0 Å². The van der Waals surface area contributed by atoms with Crippen LogP contribution in [0.1, 0.15) is 33.6 Å². The minimum absolute atomic E-state index is 0.0768. The van der Waals surface area contributed by atoms with Gasteiger partial charge in [0.2, 0.25) is 5.91 Å². The number of ketones is 2. The van der Waals surface area contributed by atoms with Crippen LogP contribution in [0.3, 0.4) is 0 Å². The van der Waals surface area contributed by atoms with Gasteiger partial charge in [0, 0.05) is 13.0 Å². The number of nitrogens with one attached hydrogen (secondary N) is 1. The molecule has 0 bridgehead atoms. The molecule has 0 heterocycles. The third-order valence-electron chi connectivity index (χ3n) is 2.25. The molecule has 0 aromatic rings. The first-order valence-electron chi connectivity index (χ1n) is 6.75. The van der Waals surface area contributed by atoms with Crippen molar-refractivity contribution in [1.82, 2.24) is 5.32 Å². The lowest BCUT2D eigenvalue weighted by molar-refractivity contribution is -0.117. The summed E-state index contributed by atoms with van der Waals surface area (Å²) in [6, 6.07) is 0. The first-order chi connectivity index (χ1) is 9.70. The molecule has 2 N–H and O–H groups in total. The van der Waals surface area contributed by atoms with Gasteiger partial charge >= 0.3 is 0 Å². The van der Waals surface area contributed by atoms with Crippen LogP contribution in [0.25, 0.3) is 0 Å². The van der Waals surface area contributed by atoms with E-state index in [0.717, 1.165) is 0 Å². The van der Waals surface area contributed by atoms with E-state index in [1.54, 1.807) is 19.9 Å². The number of allylic oxidation sites excluding steroid dienone is 5. The molecule has 0 saturated heterocycles. The van der Waals surface area contributed by atoms with Crippen LogP contribution in [0.4, 0.5) is 0 Å². The molecule has 116 valence electrons. The van der Waals surface area contributed by atoms with Gasteiger partial charge in [-0.25, -0.2) is 0 Å². The molecule has 5 heteroatoms. The van der Waals surface area contributed by atoms with E-state index < -0.39 is 5.60 Å². The van der Waals surface area contributed by atoms with E-state index in [1.807, 2.05) is 0 Å². The van der Waals surface area contributed by atoms with Crippen LogP contribution in [0.15, 0.2) is 36.5 Å². The average Bonchev–Trinajstić information content (AvgIpc) is 2.36. The van der Waals surface area contributed by atoms with Gasteiger partial charge in [-0.2, -0.15) is 0 Å². The van der Waals surface area contributed by atoms with Crippen molar-refractivity contribution in [3.05, 3.63) is 36.5 Å². The molecular weight excluding hydrogens is 270 g/mol. The summed E-state index contributed by atoms with van der Waals surface area (Å²) < 4.78 is 0. The van der Waals surface area contributed by atoms with Gasteiger partial charge in [-0.15, -0.1) is 0 Å². The molecule has 0 radical (unpaired) electrons. The van der Waals surface area contributed by atoms with Crippen molar-refractivity contribution >= 4 is 17.5 Å². The van der Waals surface area contributed by atoms with Crippen LogP contribution in [0.5, 0.6) is 0 Å². The maximum Gasteiger partial charge on any atom is 0.243 e. The van der Waals surface area contributed by atoms with Gasteiger partial charge in [0.15, 0.2) is 11.6 Å². The minimum Gasteiger partial charge on any atom is -0.389 e. The van der Waals surface area contributed by atoms with Gasteiger partial charge in [-0.1, -0.05) is 18.2 Å². The maximum atomic E-state index is 11.4. The smallest absolute Gasteiger partial charge is 0.243 e. The Morgan fingerprint density at radius 3 is 2.29 bits per heavy atom. The highest BCUT2D eigenvalue weighted by Crippen LogP contribution is 1.98. The highest BCUT2D eigenvalue weighted by Gasteiger charge is 2.12. The fraction of sp³-hybridized carbons (Fsp3) is 0.438. The second-order valence-electron chi connectivity index (χ2n) is 5.27. The van der Waals surface area contributed by atoms with Crippen molar-refractivity contribution in [2.24, 2.45) is 0 Å². The van der Waals surface area contributed by atoms with E-state index >= 15 is 0 Å². The largest absolute Gasteiger partial charge is 0.389 e. The predicted octanol–water partition coefficient (Wildman–Crippen LogP) is 1.48. The molecule has 0 aliphatic heterocycles. The first-order valence-corrected chi connectivity index (χ1v) is 6.75. The topological polar surface area (TPSA) is 83.5 Å². The van der Waals surface area contributed by atoms with Gasteiger partial charge in [0.25, 0.3) is 0 Å². The van der Waals surface area contributed by atoms with Gasteiger partial charge in [-0.05, 0) is 45.4 Å². The summed E-state index contributed by atoms with van der Waals surface area (Å²) in [5.74, 6) is -0.457. The number of carbonyl (C=O) groups is 3. The van der Waals surface area contributed by atoms with Crippen molar-refractivity contribution in [3.63, 3.8) is 0 Å². The Labute approximate surface area is 125 Å². The molecule has 0 unspecified atom stereocenters. The standard InChI is InChI=1S/C16H23NO4/c1-13(18)8-4-5-9-14(19)10-6-7-11-15(20)17-12-16(2,3)21/h4-5,7-9,11,21H,6,10,12H2,1-3H3,(H,17,20). The number of amides is 1. The quantitative estimate of drug-likeness (QED) is 0.498. The first kappa shape index (κ1) is 19.0. The van der Waals surface area contributed by atoms with Gasteiger partial charge < -0.3 is 10.4 Å². The Morgan fingerprint density at radius 1 is 1.10 bits per heavy atom. The van der Waals surface area contributed by atoms with Crippen molar-refractivity contribution in [2.45, 2.75) is 39.2 Å². The Bertz CT molecular complexity index is 453. The number of hydrogen-bond donors (Lipinski definition) is 2. The summed E-state index contributed by atoms with van der Waals surface area (Å²) in [4.78, 5) is 33.4. The summed E-state index contributed by atoms with van der Waals surface area (Å²) in [6.07, 6.45) is 9.49. The van der Waals surface area contributed by atoms with E-state index in [-0.39, 0.29) is 24.0 Å². The molecule has 0 rings (SSSR count). The summed E-state index contributed by atoms with van der Waals surface area (Å²) in [7, 11) is 0. The van der Waals surface area contributed by atoms with Crippen molar-refractivity contribution in [2.75, 3.05) is 6.54 Å². The molecule has 0 aliphatic carbocycles. The zero-order chi connectivity index (χ0) is 16.3. The monoisotopic (exact) mass is 293 g/mol. The lowest BCUT2D eigenvalue weighted by Gasteiger charge is -2.16. The molecule has 0 atom stereocenters. The summed E-state index contributed by atoms with van der Waals surface area (Å²) in [5.41, 5.74) is -0.947. The van der Waals surface area contributed by atoms with Crippen LogP contribution < -0.4 is 5.32 Å². The molecule has 5 nitrogen and oxygen atoms in total. The van der Waals surface area contributed by atoms with E-state index in [9.17, 15) is 19.5 Å². The molecule has 1 amide bonds. The SMILES string of the molecule is CC(=O)C=CC=CC(=O)CCC=CC(=O)NCC(C)(C)O. The third-order valence-corrected chi connectivity index (χ3v) is 2.25. The Kier molecular flexibility index (Phi) is 8.88.